The molecular weight excluding hydrogens is 229 g/mol. The molecule has 1 amide bonds. The summed E-state index contributed by atoms with van der Waals surface area (Å²) in [5.74, 6) is -0.497. The monoisotopic (exact) mass is 235 g/mol. The van der Waals surface area contributed by atoms with Crippen molar-refractivity contribution in [1.82, 2.24) is 9.55 Å². The maximum atomic E-state index is 11.4. The standard InChI is InChI=1S/C7H7Cl2N3O2/c8-5-6(9)11-3-12(7(5)14)2-1-4(10)13/h3H,1-2H2,(H2,10,13). The predicted octanol–water partition coefficient (Wildman–Crippen LogP) is 0.425. The van der Waals surface area contributed by atoms with Crippen LogP contribution in [0.5, 0.6) is 0 Å². The second-order valence-electron chi connectivity index (χ2n) is 2.56. The van der Waals surface area contributed by atoms with Crippen LogP contribution >= 0.6 is 23.2 Å². The number of hydrogen-bond acceptors (Lipinski definition) is 3. The Bertz CT molecular complexity index is 416. The van der Waals surface area contributed by atoms with Crippen molar-refractivity contribution >= 4 is 29.1 Å². The summed E-state index contributed by atoms with van der Waals surface area (Å²) in [5.41, 5.74) is 4.45. The number of rotatable bonds is 3. The summed E-state index contributed by atoms with van der Waals surface area (Å²) < 4.78 is 1.18. The highest BCUT2D eigenvalue weighted by Gasteiger charge is 2.07. The first kappa shape index (κ1) is 11.0. The zero-order valence-corrected chi connectivity index (χ0v) is 8.55. The molecule has 0 radical (unpaired) electrons. The molecule has 0 spiro atoms. The van der Waals surface area contributed by atoms with E-state index in [1.807, 2.05) is 0 Å². The Kier molecular flexibility index (Phi) is 3.49. The van der Waals surface area contributed by atoms with E-state index in [-0.39, 0.29) is 23.1 Å². The van der Waals surface area contributed by atoms with E-state index < -0.39 is 11.5 Å². The third-order valence-electron chi connectivity index (χ3n) is 1.54. The van der Waals surface area contributed by atoms with Crippen LogP contribution in [0.25, 0.3) is 0 Å². The maximum absolute atomic E-state index is 11.4. The molecule has 1 aromatic heterocycles. The minimum absolute atomic E-state index is 0.0491. The zero-order valence-electron chi connectivity index (χ0n) is 7.04. The summed E-state index contributed by atoms with van der Waals surface area (Å²) in [6, 6.07) is 0. The molecule has 0 aromatic carbocycles. The summed E-state index contributed by atoms with van der Waals surface area (Å²) in [6.07, 6.45) is 1.28. The second-order valence-corrected chi connectivity index (χ2v) is 3.30. The van der Waals surface area contributed by atoms with Crippen LogP contribution in [-0.4, -0.2) is 15.5 Å². The van der Waals surface area contributed by atoms with Crippen LogP contribution in [0.4, 0.5) is 0 Å². The zero-order chi connectivity index (χ0) is 10.7. The Labute approximate surface area is 89.4 Å². The fourth-order valence-corrected chi connectivity index (χ4v) is 1.12. The smallest absolute Gasteiger partial charge is 0.273 e. The van der Waals surface area contributed by atoms with Gasteiger partial charge in [0.05, 0.1) is 6.33 Å². The summed E-state index contributed by atoms with van der Waals surface area (Å²) >= 11 is 11.1. The van der Waals surface area contributed by atoms with Crippen LogP contribution < -0.4 is 11.3 Å². The molecule has 0 saturated heterocycles. The average Bonchev–Trinajstić information content (AvgIpc) is 2.13. The van der Waals surface area contributed by atoms with Gasteiger partial charge in [-0.3, -0.25) is 14.2 Å². The van der Waals surface area contributed by atoms with Crippen molar-refractivity contribution in [3.05, 3.63) is 26.9 Å². The lowest BCUT2D eigenvalue weighted by molar-refractivity contribution is -0.118. The highest BCUT2D eigenvalue weighted by atomic mass is 35.5. The van der Waals surface area contributed by atoms with E-state index in [1.54, 1.807) is 0 Å². The lowest BCUT2D eigenvalue weighted by Gasteiger charge is -2.03. The van der Waals surface area contributed by atoms with Gasteiger partial charge in [0.15, 0.2) is 5.15 Å². The predicted molar refractivity (Wildman–Crippen MR) is 52.3 cm³/mol. The first-order valence-electron chi connectivity index (χ1n) is 3.71. The Morgan fingerprint density at radius 1 is 1.57 bits per heavy atom. The van der Waals surface area contributed by atoms with E-state index in [0.717, 1.165) is 0 Å². The molecule has 0 unspecified atom stereocenters. The molecule has 0 aliphatic rings. The Morgan fingerprint density at radius 3 is 2.79 bits per heavy atom. The normalized spacial score (nSPS) is 10.1. The van der Waals surface area contributed by atoms with E-state index in [2.05, 4.69) is 4.98 Å². The van der Waals surface area contributed by atoms with E-state index in [0.29, 0.717) is 0 Å². The van der Waals surface area contributed by atoms with Gasteiger partial charge in [-0.1, -0.05) is 23.2 Å². The number of carbonyl (C=O) groups excluding carboxylic acids is 1. The number of halogens is 2. The van der Waals surface area contributed by atoms with Crippen molar-refractivity contribution in [3.8, 4) is 0 Å². The van der Waals surface area contributed by atoms with Crippen LogP contribution in [0.15, 0.2) is 11.1 Å². The molecule has 5 nitrogen and oxygen atoms in total. The summed E-state index contributed by atoms with van der Waals surface area (Å²) in [4.78, 5) is 25.5. The maximum Gasteiger partial charge on any atom is 0.273 e. The minimum atomic E-state index is -0.497. The Morgan fingerprint density at radius 2 is 2.21 bits per heavy atom. The van der Waals surface area contributed by atoms with Gasteiger partial charge in [-0.05, 0) is 0 Å². The van der Waals surface area contributed by atoms with Gasteiger partial charge in [-0.25, -0.2) is 4.98 Å². The molecule has 1 rings (SSSR count). The number of hydrogen-bond donors (Lipinski definition) is 1. The second kappa shape index (κ2) is 4.43. The van der Waals surface area contributed by atoms with Gasteiger partial charge in [-0.15, -0.1) is 0 Å². The number of nitrogens with zero attached hydrogens (tertiary/aromatic N) is 2. The van der Waals surface area contributed by atoms with Gasteiger partial charge in [0, 0.05) is 13.0 Å². The number of carbonyl (C=O) groups is 1. The van der Waals surface area contributed by atoms with E-state index in [9.17, 15) is 9.59 Å². The van der Waals surface area contributed by atoms with Gasteiger partial charge < -0.3 is 5.73 Å². The van der Waals surface area contributed by atoms with Gasteiger partial charge in [0.1, 0.15) is 5.02 Å². The molecule has 7 heteroatoms. The van der Waals surface area contributed by atoms with Crippen LogP contribution in [0, 0.1) is 0 Å². The molecule has 1 aromatic rings. The van der Waals surface area contributed by atoms with Crippen molar-refractivity contribution in [2.75, 3.05) is 0 Å². The lowest BCUT2D eigenvalue weighted by atomic mass is 10.4. The number of nitrogens with two attached hydrogens (primary N) is 1. The Hall–Kier alpha value is -1.07. The van der Waals surface area contributed by atoms with Crippen LogP contribution in [0.3, 0.4) is 0 Å². The van der Waals surface area contributed by atoms with Crippen LogP contribution in [-0.2, 0) is 11.3 Å². The molecule has 0 aliphatic carbocycles. The van der Waals surface area contributed by atoms with Gasteiger partial charge in [-0.2, -0.15) is 0 Å². The molecule has 14 heavy (non-hydrogen) atoms. The molecule has 76 valence electrons. The number of aromatic nitrogens is 2. The minimum Gasteiger partial charge on any atom is -0.370 e. The van der Waals surface area contributed by atoms with Gasteiger partial charge >= 0.3 is 0 Å². The number of aryl methyl sites for hydroxylation is 1. The molecule has 0 bridgehead atoms. The van der Waals surface area contributed by atoms with Crippen molar-refractivity contribution in [2.24, 2.45) is 5.73 Å². The summed E-state index contributed by atoms with van der Waals surface area (Å²) in [6.45, 7) is 0.151. The molecule has 0 fully saturated rings. The van der Waals surface area contributed by atoms with E-state index in [4.69, 9.17) is 28.9 Å². The van der Waals surface area contributed by atoms with Gasteiger partial charge in [0.2, 0.25) is 5.91 Å². The quantitative estimate of drug-likeness (QED) is 0.772. The third-order valence-corrected chi connectivity index (χ3v) is 2.26. The SMILES string of the molecule is NC(=O)CCn1cnc(Cl)c(Cl)c1=O. The third kappa shape index (κ3) is 2.46. The van der Waals surface area contributed by atoms with Crippen LogP contribution in [0.1, 0.15) is 6.42 Å². The molecule has 0 aliphatic heterocycles. The first-order valence-corrected chi connectivity index (χ1v) is 4.46. The van der Waals surface area contributed by atoms with Gasteiger partial charge in [0.25, 0.3) is 5.56 Å². The van der Waals surface area contributed by atoms with E-state index >= 15 is 0 Å². The van der Waals surface area contributed by atoms with Crippen molar-refractivity contribution in [2.45, 2.75) is 13.0 Å². The summed E-state index contributed by atoms with van der Waals surface area (Å²) in [5, 5.41) is -0.203. The van der Waals surface area contributed by atoms with Crippen molar-refractivity contribution in [3.63, 3.8) is 0 Å². The number of primary amides is 1. The van der Waals surface area contributed by atoms with Crippen molar-refractivity contribution in [1.29, 1.82) is 0 Å². The molecule has 0 saturated carbocycles. The molecule has 0 atom stereocenters. The summed E-state index contributed by atoms with van der Waals surface area (Å²) in [7, 11) is 0. The molecular formula is C7H7Cl2N3O2. The highest BCUT2D eigenvalue weighted by Crippen LogP contribution is 2.12. The van der Waals surface area contributed by atoms with Crippen LogP contribution in [0.2, 0.25) is 10.2 Å². The number of amides is 1. The molecule has 1 heterocycles. The highest BCUT2D eigenvalue weighted by molar-refractivity contribution is 6.40. The van der Waals surface area contributed by atoms with Crippen molar-refractivity contribution < 1.29 is 4.79 Å². The molecule has 2 N–H and O–H groups in total. The topological polar surface area (TPSA) is 78.0 Å². The van der Waals surface area contributed by atoms with E-state index in [1.165, 1.54) is 10.9 Å². The Balaban J connectivity index is 2.95. The fourth-order valence-electron chi connectivity index (χ4n) is 0.834. The lowest BCUT2D eigenvalue weighted by Crippen LogP contribution is -2.24. The average molecular weight is 236 g/mol. The largest absolute Gasteiger partial charge is 0.370 e. The first-order chi connectivity index (χ1) is 6.52. The fraction of sp³-hybridized carbons (Fsp3) is 0.286.